The van der Waals surface area contributed by atoms with Gasteiger partial charge in [-0.15, -0.1) is 0 Å². The average Bonchev–Trinajstić information content (AvgIpc) is 2.52. The maximum Gasteiger partial charge on any atom is 0.404 e. The van der Waals surface area contributed by atoms with Crippen LogP contribution in [0.3, 0.4) is 0 Å². The van der Waals surface area contributed by atoms with Crippen LogP contribution < -0.4 is 5.32 Å². The van der Waals surface area contributed by atoms with E-state index in [2.05, 4.69) is 5.32 Å². The number of likely N-dealkylation sites (tertiary alicyclic amines) is 1. The first-order valence-corrected chi connectivity index (χ1v) is 7.85. The van der Waals surface area contributed by atoms with Crippen molar-refractivity contribution < 1.29 is 18.0 Å². The summed E-state index contributed by atoms with van der Waals surface area (Å²) < 4.78 is 38.4. The molecular formula is C17H20F3N3O. The summed E-state index contributed by atoms with van der Waals surface area (Å²) in [5.74, 6) is -0.164. The summed E-state index contributed by atoms with van der Waals surface area (Å²) in [7, 11) is 1.44. The molecular weight excluding hydrogens is 319 g/mol. The summed E-state index contributed by atoms with van der Waals surface area (Å²) in [6.45, 7) is 0.201. The number of nitriles is 1. The van der Waals surface area contributed by atoms with Gasteiger partial charge in [-0.3, -0.25) is 9.69 Å². The van der Waals surface area contributed by atoms with Gasteiger partial charge in [0.2, 0.25) is 5.91 Å². The van der Waals surface area contributed by atoms with Gasteiger partial charge < -0.3 is 5.32 Å². The smallest absolute Gasteiger partial charge is 0.352 e. The van der Waals surface area contributed by atoms with E-state index >= 15 is 0 Å². The molecule has 2 rings (SSSR count). The largest absolute Gasteiger partial charge is 0.404 e. The second-order valence-electron chi connectivity index (χ2n) is 6.15. The fraction of sp³-hybridized carbons (Fsp3) is 0.529. The quantitative estimate of drug-likeness (QED) is 0.917. The molecule has 4 nitrogen and oxygen atoms in total. The Morgan fingerprint density at radius 1 is 1.33 bits per heavy atom. The van der Waals surface area contributed by atoms with Crippen molar-refractivity contribution in [3.63, 3.8) is 0 Å². The number of piperidine rings is 1. The molecule has 130 valence electrons. The minimum Gasteiger partial charge on any atom is -0.352 e. The SMILES string of the molecule is CN1C[C@H](NC(=O)CCc2ccc(C#N)cc2)CC[C@H]1C(F)(F)F. The molecule has 2 atom stereocenters. The van der Waals surface area contributed by atoms with Crippen LogP contribution in [-0.4, -0.2) is 42.7 Å². The van der Waals surface area contributed by atoms with E-state index in [1.165, 1.54) is 11.9 Å². The van der Waals surface area contributed by atoms with Crippen LogP contribution in [0.1, 0.15) is 30.4 Å². The van der Waals surface area contributed by atoms with Gasteiger partial charge in [-0.1, -0.05) is 12.1 Å². The molecule has 1 saturated heterocycles. The highest BCUT2D eigenvalue weighted by Crippen LogP contribution is 2.30. The molecule has 1 heterocycles. The normalized spacial score (nSPS) is 22.0. The van der Waals surface area contributed by atoms with E-state index in [1.54, 1.807) is 24.3 Å². The Bertz CT molecular complexity index is 607. The lowest BCUT2D eigenvalue weighted by Crippen LogP contribution is -2.54. The molecule has 1 aromatic rings. The van der Waals surface area contributed by atoms with E-state index in [1.807, 2.05) is 6.07 Å². The number of hydrogen-bond donors (Lipinski definition) is 1. The van der Waals surface area contributed by atoms with E-state index in [0.29, 0.717) is 18.4 Å². The third-order valence-electron chi connectivity index (χ3n) is 4.30. The third-order valence-corrected chi connectivity index (χ3v) is 4.30. The number of halogens is 3. The number of likely N-dealkylation sites (N-methyl/N-ethyl adjacent to an activating group) is 1. The zero-order valence-corrected chi connectivity index (χ0v) is 13.4. The van der Waals surface area contributed by atoms with Crippen molar-refractivity contribution in [2.24, 2.45) is 0 Å². The molecule has 1 N–H and O–H groups in total. The summed E-state index contributed by atoms with van der Waals surface area (Å²) in [6, 6.07) is 7.34. The standard InChI is InChI=1S/C17H20F3N3O/c1-23-11-14(7-8-15(23)17(18,19)20)22-16(24)9-6-12-2-4-13(10-21)5-3-12/h2-5,14-15H,6-9,11H2,1H3,(H,22,24)/t14-,15+/m1/s1. The number of nitrogens with zero attached hydrogens (tertiary/aromatic N) is 2. The monoisotopic (exact) mass is 339 g/mol. The van der Waals surface area contributed by atoms with E-state index in [4.69, 9.17) is 5.26 Å². The summed E-state index contributed by atoms with van der Waals surface area (Å²) >= 11 is 0. The fourth-order valence-corrected chi connectivity index (χ4v) is 2.98. The van der Waals surface area contributed by atoms with Crippen LogP contribution in [0.5, 0.6) is 0 Å². The number of alkyl halides is 3. The van der Waals surface area contributed by atoms with E-state index in [-0.39, 0.29) is 31.3 Å². The van der Waals surface area contributed by atoms with Gasteiger partial charge in [0.05, 0.1) is 11.6 Å². The highest BCUT2D eigenvalue weighted by Gasteiger charge is 2.44. The van der Waals surface area contributed by atoms with Crippen LogP contribution >= 0.6 is 0 Å². The van der Waals surface area contributed by atoms with E-state index in [9.17, 15) is 18.0 Å². The predicted molar refractivity (Wildman–Crippen MR) is 83.1 cm³/mol. The zero-order valence-electron chi connectivity index (χ0n) is 13.4. The molecule has 0 bridgehead atoms. The number of amides is 1. The molecule has 1 fully saturated rings. The van der Waals surface area contributed by atoms with Crippen molar-refractivity contribution >= 4 is 5.91 Å². The molecule has 1 amide bonds. The van der Waals surface area contributed by atoms with Gasteiger partial charge in [-0.2, -0.15) is 18.4 Å². The summed E-state index contributed by atoms with van der Waals surface area (Å²) in [4.78, 5) is 13.2. The van der Waals surface area contributed by atoms with Crippen molar-refractivity contribution in [2.75, 3.05) is 13.6 Å². The summed E-state index contributed by atoms with van der Waals surface area (Å²) in [5, 5.41) is 11.5. The predicted octanol–water partition coefficient (Wildman–Crippen LogP) is 2.63. The lowest BCUT2D eigenvalue weighted by molar-refractivity contribution is -0.188. The maximum absolute atomic E-state index is 12.8. The number of aryl methyl sites for hydroxylation is 1. The number of rotatable bonds is 4. The number of carbonyl (C=O) groups excluding carboxylic acids is 1. The Kier molecular flexibility index (Phi) is 5.84. The van der Waals surface area contributed by atoms with Gasteiger partial charge in [0.1, 0.15) is 6.04 Å². The summed E-state index contributed by atoms with van der Waals surface area (Å²) in [6.07, 6.45) is -3.09. The number of carbonyl (C=O) groups is 1. The van der Waals surface area contributed by atoms with Crippen molar-refractivity contribution in [3.8, 4) is 6.07 Å². The highest BCUT2D eigenvalue weighted by atomic mass is 19.4. The highest BCUT2D eigenvalue weighted by molar-refractivity contribution is 5.76. The molecule has 7 heteroatoms. The second kappa shape index (κ2) is 7.67. The van der Waals surface area contributed by atoms with Crippen molar-refractivity contribution in [3.05, 3.63) is 35.4 Å². The molecule has 1 aliphatic rings. The molecule has 1 aliphatic heterocycles. The topological polar surface area (TPSA) is 56.1 Å². The van der Waals surface area contributed by atoms with Crippen LogP contribution in [0.15, 0.2) is 24.3 Å². The Labute approximate surface area is 139 Å². The van der Waals surface area contributed by atoms with Crippen LogP contribution in [0, 0.1) is 11.3 Å². The minimum absolute atomic E-state index is 0.000564. The van der Waals surface area contributed by atoms with Crippen LogP contribution in [-0.2, 0) is 11.2 Å². The van der Waals surface area contributed by atoms with Gasteiger partial charge in [0, 0.05) is 19.0 Å². The molecule has 0 radical (unpaired) electrons. The van der Waals surface area contributed by atoms with Crippen molar-refractivity contribution in [1.29, 1.82) is 5.26 Å². The van der Waals surface area contributed by atoms with Gasteiger partial charge >= 0.3 is 6.18 Å². The Hall–Kier alpha value is -2.07. The first kappa shape index (κ1) is 18.3. The molecule has 0 spiro atoms. The zero-order chi connectivity index (χ0) is 17.7. The molecule has 0 aliphatic carbocycles. The van der Waals surface area contributed by atoms with Crippen LogP contribution in [0.4, 0.5) is 13.2 Å². The van der Waals surface area contributed by atoms with Crippen LogP contribution in [0.25, 0.3) is 0 Å². The molecule has 24 heavy (non-hydrogen) atoms. The molecule has 0 unspecified atom stereocenters. The Morgan fingerprint density at radius 2 is 2.00 bits per heavy atom. The second-order valence-corrected chi connectivity index (χ2v) is 6.15. The number of nitrogens with one attached hydrogen (secondary N) is 1. The lowest BCUT2D eigenvalue weighted by Gasteiger charge is -2.38. The van der Waals surface area contributed by atoms with Crippen molar-refractivity contribution in [2.45, 2.75) is 43.9 Å². The molecule has 0 saturated carbocycles. The lowest BCUT2D eigenvalue weighted by atomic mass is 9.98. The average molecular weight is 339 g/mol. The first-order chi connectivity index (χ1) is 11.3. The molecule has 0 aromatic heterocycles. The van der Waals surface area contributed by atoms with Gasteiger partial charge in [0.15, 0.2) is 0 Å². The molecule has 1 aromatic carbocycles. The van der Waals surface area contributed by atoms with Gasteiger partial charge in [0.25, 0.3) is 0 Å². The number of benzene rings is 1. The van der Waals surface area contributed by atoms with Crippen molar-refractivity contribution in [1.82, 2.24) is 10.2 Å². The Balaban J connectivity index is 1.78. The Morgan fingerprint density at radius 3 is 2.54 bits per heavy atom. The van der Waals surface area contributed by atoms with Crippen LogP contribution in [0.2, 0.25) is 0 Å². The summed E-state index contributed by atoms with van der Waals surface area (Å²) in [5.41, 5.74) is 1.51. The van der Waals surface area contributed by atoms with E-state index in [0.717, 1.165) is 5.56 Å². The minimum atomic E-state index is -4.22. The number of hydrogen-bond acceptors (Lipinski definition) is 3. The maximum atomic E-state index is 12.8. The van der Waals surface area contributed by atoms with E-state index < -0.39 is 12.2 Å². The third kappa shape index (κ3) is 4.96. The van der Waals surface area contributed by atoms with Gasteiger partial charge in [-0.05, 0) is 44.0 Å². The first-order valence-electron chi connectivity index (χ1n) is 7.85. The fourth-order valence-electron chi connectivity index (χ4n) is 2.98. The van der Waals surface area contributed by atoms with Gasteiger partial charge in [-0.25, -0.2) is 0 Å².